The molecule has 102 valence electrons. The minimum atomic E-state index is -1.03. The Labute approximate surface area is 110 Å². The molecule has 2 aromatic rings. The van der Waals surface area contributed by atoms with Gasteiger partial charge in [-0.15, -0.1) is 0 Å². The molecule has 2 N–H and O–H groups in total. The van der Waals surface area contributed by atoms with E-state index in [1.807, 2.05) is 19.9 Å². The van der Waals surface area contributed by atoms with Crippen LogP contribution in [0.4, 0.5) is 5.82 Å². The molecule has 0 saturated carbocycles. The number of rotatable bonds is 5. The first-order chi connectivity index (χ1) is 9.06. The summed E-state index contributed by atoms with van der Waals surface area (Å²) in [6, 6.07) is 5.38. The number of nitrogens with zero attached hydrogens (tertiary/aromatic N) is 3. The Balaban J connectivity index is 2.64. The van der Waals surface area contributed by atoms with Crippen LogP contribution >= 0.6 is 0 Å². The van der Waals surface area contributed by atoms with Gasteiger partial charge in [-0.1, -0.05) is 6.07 Å². The highest BCUT2D eigenvalue weighted by Gasteiger charge is 2.24. The highest BCUT2D eigenvalue weighted by molar-refractivity contribution is 5.93. The Bertz CT molecular complexity index is 592. The third-order valence-corrected chi connectivity index (χ3v) is 2.95. The third kappa shape index (κ3) is 2.39. The van der Waals surface area contributed by atoms with Crippen molar-refractivity contribution in [1.82, 2.24) is 9.38 Å². The van der Waals surface area contributed by atoms with Crippen molar-refractivity contribution in [1.29, 1.82) is 0 Å². The van der Waals surface area contributed by atoms with E-state index < -0.39 is 5.97 Å². The van der Waals surface area contributed by atoms with Gasteiger partial charge >= 0.3 is 5.97 Å². The van der Waals surface area contributed by atoms with Crippen molar-refractivity contribution in [3.8, 4) is 0 Å². The number of pyridine rings is 1. The number of imidazole rings is 1. The maximum absolute atomic E-state index is 11.5. The molecule has 0 aliphatic carbocycles. The average Bonchev–Trinajstić information content (AvgIpc) is 2.74. The van der Waals surface area contributed by atoms with Gasteiger partial charge in [-0.2, -0.15) is 0 Å². The molecule has 0 aliphatic rings. The number of hydrogen-bond acceptors (Lipinski definition) is 4. The Morgan fingerprint density at radius 1 is 1.47 bits per heavy atom. The Hall–Kier alpha value is -2.08. The molecule has 2 aromatic heterocycles. The summed E-state index contributed by atoms with van der Waals surface area (Å²) in [5.74, 6) is -0.639. The summed E-state index contributed by atoms with van der Waals surface area (Å²) in [6.07, 6.45) is 1.67. The highest BCUT2D eigenvalue weighted by atomic mass is 16.4. The Morgan fingerprint density at radius 3 is 2.79 bits per heavy atom. The van der Waals surface area contributed by atoms with Crippen LogP contribution in [-0.2, 0) is 0 Å². The summed E-state index contributed by atoms with van der Waals surface area (Å²) in [7, 11) is 0. The van der Waals surface area contributed by atoms with Gasteiger partial charge in [-0.05, 0) is 26.0 Å². The number of anilines is 1. The first-order valence-corrected chi connectivity index (χ1v) is 6.14. The highest BCUT2D eigenvalue weighted by Crippen LogP contribution is 2.23. The van der Waals surface area contributed by atoms with Crippen LogP contribution in [0.3, 0.4) is 0 Å². The van der Waals surface area contributed by atoms with Gasteiger partial charge in [0, 0.05) is 18.8 Å². The Kier molecular flexibility index (Phi) is 3.71. The average molecular weight is 263 g/mol. The number of aliphatic hydroxyl groups is 1. The summed E-state index contributed by atoms with van der Waals surface area (Å²) >= 11 is 0. The normalized spacial score (nSPS) is 11.2. The van der Waals surface area contributed by atoms with Crippen LogP contribution in [0.5, 0.6) is 0 Å². The quantitative estimate of drug-likeness (QED) is 0.848. The van der Waals surface area contributed by atoms with Gasteiger partial charge in [0.05, 0.1) is 6.61 Å². The Morgan fingerprint density at radius 2 is 2.21 bits per heavy atom. The lowest BCUT2D eigenvalue weighted by Crippen LogP contribution is -2.35. The minimum absolute atomic E-state index is 0.0505. The smallest absolute Gasteiger partial charge is 0.356 e. The number of carbonyl (C=O) groups is 1. The summed E-state index contributed by atoms with van der Waals surface area (Å²) in [5.41, 5.74) is 0.705. The molecule has 0 bridgehead atoms. The van der Waals surface area contributed by atoms with E-state index in [9.17, 15) is 9.90 Å². The van der Waals surface area contributed by atoms with E-state index >= 15 is 0 Å². The molecule has 0 fully saturated rings. The van der Waals surface area contributed by atoms with Crippen LogP contribution in [0.2, 0.25) is 0 Å². The molecule has 6 heteroatoms. The van der Waals surface area contributed by atoms with E-state index in [4.69, 9.17) is 5.11 Å². The molecule has 2 heterocycles. The second kappa shape index (κ2) is 5.27. The fourth-order valence-electron chi connectivity index (χ4n) is 2.10. The lowest BCUT2D eigenvalue weighted by molar-refractivity contribution is 0.0690. The van der Waals surface area contributed by atoms with Gasteiger partial charge in [-0.25, -0.2) is 9.78 Å². The van der Waals surface area contributed by atoms with Crippen LogP contribution in [0.15, 0.2) is 24.4 Å². The number of aromatic nitrogens is 2. The van der Waals surface area contributed by atoms with Crippen LogP contribution in [0, 0.1) is 0 Å². The number of carboxylic acid groups (broad SMARTS) is 1. The zero-order valence-electron chi connectivity index (χ0n) is 10.9. The van der Waals surface area contributed by atoms with Crippen molar-refractivity contribution in [2.75, 3.05) is 18.1 Å². The van der Waals surface area contributed by atoms with E-state index in [0.717, 1.165) is 0 Å². The van der Waals surface area contributed by atoms with Gasteiger partial charge in [0.15, 0.2) is 11.5 Å². The lowest BCUT2D eigenvalue weighted by Gasteiger charge is -2.26. The number of hydrogen-bond donors (Lipinski definition) is 2. The zero-order valence-corrected chi connectivity index (χ0v) is 10.9. The number of fused-ring (bicyclic) bond motifs is 1. The molecular weight excluding hydrogens is 246 g/mol. The van der Waals surface area contributed by atoms with Crippen LogP contribution in [-0.4, -0.2) is 44.8 Å². The van der Waals surface area contributed by atoms with Crippen molar-refractivity contribution in [2.45, 2.75) is 19.9 Å². The first-order valence-electron chi connectivity index (χ1n) is 6.14. The summed E-state index contributed by atoms with van der Waals surface area (Å²) in [6.45, 7) is 4.17. The second-order valence-electron chi connectivity index (χ2n) is 4.53. The topological polar surface area (TPSA) is 78.1 Å². The number of aliphatic hydroxyl groups excluding tert-OH is 1. The van der Waals surface area contributed by atoms with Gasteiger partial charge in [0.1, 0.15) is 5.65 Å². The van der Waals surface area contributed by atoms with Gasteiger partial charge < -0.3 is 15.1 Å². The summed E-state index contributed by atoms with van der Waals surface area (Å²) < 4.78 is 1.55. The van der Waals surface area contributed by atoms with E-state index in [1.54, 1.807) is 27.6 Å². The molecule has 0 aromatic carbocycles. The van der Waals surface area contributed by atoms with E-state index in [-0.39, 0.29) is 18.3 Å². The summed E-state index contributed by atoms with van der Waals surface area (Å²) in [5, 5.41) is 18.5. The molecule has 2 rings (SSSR count). The fraction of sp³-hybridized carbons (Fsp3) is 0.385. The van der Waals surface area contributed by atoms with E-state index in [2.05, 4.69) is 4.98 Å². The predicted molar refractivity (Wildman–Crippen MR) is 71.7 cm³/mol. The number of carboxylic acids is 1. The molecule has 0 unspecified atom stereocenters. The maximum atomic E-state index is 11.5. The largest absolute Gasteiger partial charge is 0.476 e. The predicted octanol–water partition coefficient (Wildman–Crippen LogP) is 1.24. The second-order valence-corrected chi connectivity index (χ2v) is 4.53. The molecule has 0 saturated heterocycles. The molecule has 0 atom stereocenters. The van der Waals surface area contributed by atoms with Gasteiger partial charge in [0.25, 0.3) is 0 Å². The zero-order chi connectivity index (χ0) is 14.0. The van der Waals surface area contributed by atoms with Crippen molar-refractivity contribution in [3.63, 3.8) is 0 Å². The SMILES string of the molecule is CC(C)N(CCO)c1nc2ccccn2c1C(=O)O. The molecular formula is C13H17N3O3. The van der Waals surface area contributed by atoms with Crippen molar-refractivity contribution in [3.05, 3.63) is 30.1 Å². The lowest BCUT2D eigenvalue weighted by atomic mass is 10.3. The molecule has 0 radical (unpaired) electrons. The molecule has 0 spiro atoms. The maximum Gasteiger partial charge on any atom is 0.356 e. The van der Waals surface area contributed by atoms with Crippen molar-refractivity contribution < 1.29 is 15.0 Å². The van der Waals surface area contributed by atoms with E-state index in [1.165, 1.54) is 0 Å². The minimum Gasteiger partial charge on any atom is -0.476 e. The van der Waals surface area contributed by atoms with E-state index in [0.29, 0.717) is 18.0 Å². The number of aromatic carboxylic acids is 1. The molecule has 19 heavy (non-hydrogen) atoms. The first kappa shape index (κ1) is 13.4. The van der Waals surface area contributed by atoms with Crippen LogP contribution < -0.4 is 4.90 Å². The van der Waals surface area contributed by atoms with Gasteiger partial charge in [0.2, 0.25) is 0 Å². The monoisotopic (exact) mass is 263 g/mol. The molecule has 0 aliphatic heterocycles. The summed E-state index contributed by atoms with van der Waals surface area (Å²) in [4.78, 5) is 17.6. The van der Waals surface area contributed by atoms with Crippen LogP contribution in [0.1, 0.15) is 24.3 Å². The van der Waals surface area contributed by atoms with Crippen molar-refractivity contribution in [2.24, 2.45) is 0 Å². The molecule has 0 amide bonds. The molecule has 6 nitrogen and oxygen atoms in total. The van der Waals surface area contributed by atoms with Crippen LogP contribution in [0.25, 0.3) is 5.65 Å². The fourth-order valence-corrected chi connectivity index (χ4v) is 2.10. The third-order valence-electron chi connectivity index (χ3n) is 2.95. The van der Waals surface area contributed by atoms with Crippen molar-refractivity contribution >= 4 is 17.4 Å². The standard InChI is InChI=1S/C13H17N3O3/c1-9(2)15(7-8-17)12-11(13(18)19)16-6-4-3-5-10(16)14-12/h3-6,9,17H,7-8H2,1-2H3,(H,18,19). The van der Waals surface area contributed by atoms with Gasteiger partial charge in [-0.3, -0.25) is 4.40 Å².